The zero-order valence-corrected chi connectivity index (χ0v) is 16.3. The van der Waals surface area contributed by atoms with Crippen LogP contribution in [0.3, 0.4) is 0 Å². The van der Waals surface area contributed by atoms with E-state index in [9.17, 15) is 13.2 Å². The Labute approximate surface area is 173 Å². The van der Waals surface area contributed by atoms with Gasteiger partial charge in [0.2, 0.25) is 0 Å². The fourth-order valence-electron chi connectivity index (χ4n) is 5.07. The lowest BCUT2D eigenvalue weighted by Gasteiger charge is -2.38. The summed E-state index contributed by atoms with van der Waals surface area (Å²) in [5.41, 5.74) is 5.42. The van der Waals surface area contributed by atoms with Crippen LogP contribution >= 0.6 is 0 Å². The summed E-state index contributed by atoms with van der Waals surface area (Å²) in [5.74, 6) is 0.470. The van der Waals surface area contributed by atoms with Crippen molar-refractivity contribution in [2.75, 3.05) is 5.32 Å². The van der Waals surface area contributed by atoms with Gasteiger partial charge in [0.25, 0.3) is 0 Å². The molecule has 5 rings (SSSR count). The van der Waals surface area contributed by atoms with Crippen LogP contribution in [0.5, 0.6) is 5.75 Å². The van der Waals surface area contributed by atoms with Crippen LogP contribution in [0.2, 0.25) is 0 Å². The van der Waals surface area contributed by atoms with E-state index < -0.39 is 6.36 Å². The predicted octanol–water partition coefficient (Wildman–Crippen LogP) is 7.30. The molecule has 1 aliphatic carbocycles. The fraction of sp³-hybridized carbons (Fsp3) is 0.280. The molecule has 30 heavy (non-hydrogen) atoms. The molecule has 3 aromatic carbocycles. The van der Waals surface area contributed by atoms with Crippen molar-refractivity contribution in [2.45, 2.75) is 37.6 Å². The minimum absolute atomic E-state index is 0.139. The van der Waals surface area contributed by atoms with E-state index >= 15 is 0 Å². The van der Waals surface area contributed by atoms with Gasteiger partial charge in [-0.15, -0.1) is 13.2 Å². The van der Waals surface area contributed by atoms with Crippen molar-refractivity contribution in [2.24, 2.45) is 5.92 Å². The Morgan fingerprint density at radius 1 is 0.833 bits per heavy atom. The number of rotatable bonds is 3. The second-order valence-corrected chi connectivity index (χ2v) is 8.11. The Morgan fingerprint density at radius 3 is 2.30 bits per heavy atom. The molecule has 1 saturated carbocycles. The summed E-state index contributed by atoms with van der Waals surface area (Å²) < 4.78 is 42.1. The molecule has 1 N–H and O–H groups in total. The van der Waals surface area contributed by atoms with Gasteiger partial charge in [-0.25, -0.2) is 0 Å². The van der Waals surface area contributed by atoms with Crippen LogP contribution in [0.25, 0.3) is 11.1 Å². The molecule has 3 atom stereocenters. The van der Waals surface area contributed by atoms with Gasteiger partial charge in [-0.05, 0) is 65.1 Å². The Bertz CT molecular complexity index is 1030. The summed E-state index contributed by atoms with van der Waals surface area (Å²) in [6.45, 7) is 0. The van der Waals surface area contributed by atoms with Crippen LogP contribution in [-0.4, -0.2) is 6.36 Å². The van der Waals surface area contributed by atoms with Crippen molar-refractivity contribution in [3.8, 4) is 16.9 Å². The van der Waals surface area contributed by atoms with Gasteiger partial charge in [0, 0.05) is 5.69 Å². The van der Waals surface area contributed by atoms with Gasteiger partial charge in [0.1, 0.15) is 5.75 Å². The van der Waals surface area contributed by atoms with Crippen molar-refractivity contribution >= 4 is 5.69 Å². The molecule has 154 valence electrons. The highest BCUT2D eigenvalue weighted by atomic mass is 19.4. The average Bonchev–Trinajstić information content (AvgIpc) is 3.23. The van der Waals surface area contributed by atoms with Crippen molar-refractivity contribution < 1.29 is 17.9 Å². The number of hydrogen-bond donors (Lipinski definition) is 1. The monoisotopic (exact) mass is 409 g/mol. The van der Waals surface area contributed by atoms with E-state index in [0.29, 0.717) is 5.92 Å². The number of halogens is 3. The number of nitrogens with one attached hydrogen (secondary N) is 1. The standard InChI is InChI=1S/C25H22F3NO/c26-25(27,28)30-19-13-14-23-22(15-19)20-7-4-8-21(20)24(29-23)18-11-9-17(10-12-18)16-5-2-1-3-6-16/h1-3,5-6,9-15,20-21,24,29H,4,7-8H2. The first-order valence-corrected chi connectivity index (χ1v) is 10.3. The van der Waals surface area contributed by atoms with Crippen molar-refractivity contribution in [1.29, 1.82) is 0 Å². The molecule has 0 bridgehead atoms. The van der Waals surface area contributed by atoms with Gasteiger partial charge in [0.15, 0.2) is 0 Å². The van der Waals surface area contributed by atoms with Crippen molar-refractivity contribution in [3.05, 3.63) is 83.9 Å². The maximum Gasteiger partial charge on any atom is 0.573 e. The van der Waals surface area contributed by atoms with Crippen LogP contribution in [0.1, 0.15) is 42.3 Å². The highest BCUT2D eigenvalue weighted by Crippen LogP contribution is 2.53. The molecule has 3 unspecified atom stereocenters. The Morgan fingerprint density at radius 2 is 1.57 bits per heavy atom. The van der Waals surface area contributed by atoms with Crippen LogP contribution in [-0.2, 0) is 0 Å². The molecule has 1 heterocycles. The van der Waals surface area contributed by atoms with Crippen molar-refractivity contribution in [1.82, 2.24) is 0 Å². The lowest BCUT2D eigenvalue weighted by molar-refractivity contribution is -0.274. The van der Waals surface area contributed by atoms with Gasteiger partial charge in [-0.2, -0.15) is 0 Å². The van der Waals surface area contributed by atoms with E-state index in [1.165, 1.54) is 22.8 Å². The largest absolute Gasteiger partial charge is 0.573 e. The molecule has 1 fully saturated rings. The maximum absolute atomic E-state index is 12.6. The van der Waals surface area contributed by atoms with E-state index in [4.69, 9.17) is 0 Å². The quantitative estimate of drug-likeness (QED) is 0.490. The molecule has 0 saturated heterocycles. The highest BCUT2D eigenvalue weighted by Gasteiger charge is 2.41. The van der Waals surface area contributed by atoms with E-state index in [1.807, 2.05) is 18.2 Å². The van der Waals surface area contributed by atoms with Crippen LogP contribution < -0.4 is 10.1 Å². The van der Waals surface area contributed by atoms with E-state index in [0.717, 1.165) is 30.5 Å². The second-order valence-electron chi connectivity index (χ2n) is 8.11. The molecule has 1 aliphatic heterocycles. The molecule has 2 nitrogen and oxygen atoms in total. The van der Waals surface area contributed by atoms with Gasteiger partial charge < -0.3 is 10.1 Å². The second kappa shape index (κ2) is 7.38. The van der Waals surface area contributed by atoms with E-state index in [2.05, 4.69) is 46.5 Å². The first-order chi connectivity index (χ1) is 14.5. The SMILES string of the molecule is FC(F)(F)Oc1ccc2c(c1)C1CCCC1C(c1ccc(-c3ccccc3)cc1)N2. The number of hydrogen-bond acceptors (Lipinski definition) is 2. The lowest BCUT2D eigenvalue weighted by atomic mass is 9.77. The number of benzene rings is 3. The minimum Gasteiger partial charge on any atom is -0.406 e. The highest BCUT2D eigenvalue weighted by molar-refractivity contribution is 5.65. The molecule has 0 spiro atoms. The molecule has 5 heteroatoms. The molecule has 2 aliphatic rings. The zero-order valence-electron chi connectivity index (χ0n) is 16.3. The number of anilines is 1. The van der Waals surface area contributed by atoms with Gasteiger partial charge in [0.05, 0.1) is 6.04 Å². The fourth-order valence-corrected chi connectivity index (χ4v) is 5.07. The van der Waals surface area contributed by atoms with Gasteiger partial charge in [-0.1, -0.05) is 61.0 Å². The molecular formula is C25H22F3NO. The Balaban J connectivity index is 1.44. The van der Waals surface area contributed by atoms with Gasteiger partial charge in [-0.3, -0.25) is 0 Å². The van der Waals surface area contributed by atoms with Crippen LogP contribution in [0.15, 0.2) is 72.8 Å². The van der Waals surface area contributed by atoms with E-state index in [-0.39, 0.29) is 17.7 Å². The Hall–Kier alpha value is -2.95. The first kappa shape index (κ1) is 19.0. The third kappa shape index (κ3) is 3.64. The minimum atomic E-state index is -4.67. The van der Waals surface area contributed by atoms with Gasteiger partial charge >= 0.3 is 6.36 Å². The van der Waals surface area contributed by atoms with Crippen LogP contribution in [0, 0.1) is 5.92 Å². The topological polar surface area (TPSA) is 21.3 Å². The number of fused-ring (bicyclic) bond motifs is 3. The molecule has 0 radical (unpaired) electrons. The zero-order chi connectivity index (χ0) is 20.7. The lowest BCUT2D eigenvalue weighted by Crippen LogP contribution is -2.29. The predicted molar refractivity (Wildman–Crippen MR) is 111 cm³/mol. The molecule has 0 amide bonds. The van der Waals surface area contributed by atoms with Crippen LogP contribution in [0.4, 0.5) is 18.9 Å². The third-order valence-electron chi connectivity index (χ3n) is 6.34. The maximum atomic E-state index is 12.6. The normalized spacial score (nSPS) is 22.7. The third-order valence-corrected chi connectivity index (χ3v) is 6.34. The summed E-state index contributed by atoms with van der Waals surface area (Å²) in [6.07, 6.45) is -1.53. The number of ether oxygens (including phenoxy) is 1. The summed E-state index contributed by atoms with van der Waals surface area (Å²) >= 11 is 0. The van der Waals surface area contributed by atoms with E-state index in [1.54, 1.807) is 12.1 Å². The molecular weight excluding hydrogens is 387 g/mol. The summed E-state index contributed by atoms with van der Waals surface area (Å²) in [4.78, 5) is 0. The first-order valence-electron chi connectivity index (χ1n) is 10.3. The molecule has 3 aromatic rings. The Kier molecular flexibility index (Phi) is 4.69. The summed E-state index contributed by atoms with van der Waals surface area (Å²) in [7, 11) is 0. The summed E-state index contributed by atoms with van der Waals surface area (Å²) in [6, 6.07) is 23.7. The average molecular weight is 409 g/mol. The van der Waals surface area contributed by atoms with Crippen molar-refractivity contribution in [3.63, 3.8) is 0 Å². The smallest absolute Gasteiger partial charge is 0.406 e. The molecule has 0 aromatic heterocycles. The summed E-state index contributed by atoms with van der Waals surface area (Å²) in [5, 5.41) is 3.60. The number of alkyl halides is 3.